The van der Waals surface area contributed by atoms with Crippen LogP contribution in [0.25, 0.3) is 10.9 Å². The SMILES string of the molecule is C=C/C=C(\C=C/CC(SC(Cn1ccc2ccc(OCC(=O)O)cc21)=C(C)C)=C(C)CC)C(F)(F)F. The summed E-state index contributed by atoms with van der Waals surface area (Å²) in [6, 6.07) is 7.41. The van der Waals surface area contributed by atoms with Gasteiger partial charge < -0.3 is 14.4 Å². The van der Waals surface area contributed by atoms with Gasteiger partial charge in [-0.05, 0) is 62.1 Å². The van der Waals surface area contributed by atoms with Crippen LogP contribution in [0.5, 0.6) is 5.75 Å². The summed E-state index contributed by atoms with van der Waals surface area (Å²) in [5.74, 6) is -0.576. The molecule has 0 aliphatic carbocycles. The van der Waals surface area contributed by atoms with Crippen LogP contribution in [-0.4, -0.2) is 28.4 Å². The molecule has 0 amide bonds. The lowest BCUT2D eigenvalue weighted by Crippen LogP contribution is -2.09. The molecule has 0 atom stereocenters. The molecule has 0 spiro atoms. The molecule has 1 aromatic carbocycles. The van der Waals surface area contributed by atoms with Crippen molar-refractivity contribution in [2.75, 3.05) is 6.61 Å². The number of alkyl halides is 3. The number of rotatable bonds is 12. The molecule has 0 unspecified atom stereocenters. The molecule has 0 saturated carbocycles. The Labute approximate surface area is 214 Å². The second-order valence-electron chi connectivity index (χ2n) is 8.39. The minimum atomic E-state index is -4.44. The molecule has 2 rings (SSSR count). The number of carbonyl (C=O) groups is 1. The number of aromatic nitrogens is 1. The first-order valence-corrected chi connectivity index (χ1v) is 12.3. The Kier molecular flexibility index (Phi) is 10.7. The van der Waals surface area contributed by atoms with E-state index in [0.29, 0.717) is 18.7 Å². The molecule has 8 heteroatoms. The largest absolute Gasteiger partial charge is 0.482 e. The lowest BCUT2D eigenvalue weighted by Gasteiger charge is -2.16. The van der Waals surface area contributed by atoms with Crippen LogP contribution < -0.4 is 4.74 Å². The van der Waals surface area contributed by atoms with Crippen molar-refractivity contribution < 1.29 is 27.8 Å². The van der Waals surface area contributed by atoms with Crippen LogP contribution >= 0.6 is 11.8 Å². The zero-order valence-electron chi connectivity index (χ0n) is 21.0. The van der Waals surface area contributed by atoms with Crippen molar-refractivity contribution in [1.82, 2.24) is 4.57 Å². The molecule has 1 aromatic heterocycles. The van der Waals surface area contributed by atoms with Gasteiger partial charge in [-0.2, -0.15) is 13.2 Å². The van der Waals surface area contributed by atoms with E-state index < -0.39 is 24.3 Å². The lowest BCUT2D eigenvalue weighted by molar-refractivity contribution is -0.139. The number of aliphatic carboxylic acids is 1. The van der Waals surface area contributed by atoms with Gasteiger partial charge >= 0.3 is 12.1 Å². The molecule has 0 radical (unpaired) electrons. The van der Waals surface area contributed by atoms with Gasteiger partial charge in [0.2, 0.25) is 0 Å². The Morgan fingerprint density at radius 2 is 1.92 bits per heavy atom. The van der Waals surface area contributed by atoms with Crippen molar-refractivity contribution >= 4 is 28.6 Å². The molecule has 0 aliphatic rings. The molecule has 0 aliphatic heterocycles. The molecule has 36 heavy (non-hydrogen) atoms. The van der Waals surface area contributed by atoms with E-state index in [4.69, 9.17) is 9.84 Å². The summed E-state index contributed by atoms with van der Waals surface area (Å²) in [4.78, 5) is 12.9. The molecule has 1 heterocycles. The summed E-state index contributed by atoms with van der Waals surface area (Å²) in [5.41, 5.74) is 2.39. The van der Waals surface area contributed by atoms with Crippen molar-refractivity contribution in [3.8, 4) is 5.75 Å². The summed E-state index contributed by atoms with van der Waals surface area (Å²) >= 11 is 1.59. The number of thioether (sulfide) groups is 1. The van der Waals surface area contributed by atoms with E-state index in [2.05, 4.69) is 11.1 Å². The van der Waals surface area contributed by atoms with E-state index in [0.717, 1.165) is 56.5 Å². The van der Waals surface area contributed by atoms with Gasteiger partial charge in [-0.3, -0.25) is 0 Å². The van der Waals surface area contributed by atoms with Gasteiger partial charge in [0.05, 0.1) is 17.6 Å². The highest BCUT2D eigenvalue weighted by Crippen LogP contribution is 2.36. The van der Waals surface area contributed by atoms with Crippen LogP contribution in [0.15, 0.2) is 87.9 Å². The van der Waals surface area contributed by atoms with Gasteiger partial charge in [-0.15, -0.1) is 0 Å². The van der Waals surface area contributed by atoms with Crippen molar-refractivity contribution in [3.05, 3.63) is 87.9 Å². The molecule has 2 aromatic rings. The fraction of sp³-hybridized carbons (Fsp3) is 0.321. The Hall–Kier alpha value is -3.13. The fourth-order valence-electron chi connectivity index (χ4n) is 3.30. The van der Waals surface area contributed by atoms with E-state index in [1.165, 1.54) is 0 Å². The van der Waals surface area contributed by atoms with Crippen LogP contribution in [0, 0.1) is 0 Å². The Balaban J connectivity index is 2.29. The number of ether oxygens (including phenoxy) is 1. The maximum atomic E-state index is 13.2. The summed E-state index contributed by atoms with van der Waals surface area (Å²) in [7, 11) is 0. The van der Waals surface area contributed by atoms with Gasteiger partial charge in [-0.25, -0.2) is 4.79 Å². The predicted octanol–water partition coefficient (Wildman–Crippen LogP) is 8.44. The monoisotopic (exact) mass is 519 g/mol. The highest BCUT2D eigenvalue weighted by molar-refractivity contribution is 8.06. The number of allylic oxidation sites excluding steroid dienone is 9. The molecule has 0 fully saturated rings. The average Bonchev–Trinajstić information content (AvgIpc) is 3.21. The third-order valence-electron chi connectivity index (χ3n) is 5.46. The average molecular weight is 520 g/mol. The van der Waals surface area contributed by atoms with Gasteiger partial charge in [0.15, 0.2) is 6.61 Å². The summed E-state index contributed by atoms with van der Waals surface area (Å²) in [5, 5.41) is 9.87. The molecular formula is C28H32F3NO3S. The van der Waals surface area contributed by atoms with Gasteiger partial charge in [0.1, 0.15) is 5.75 Å². The van der Waals surface area contributed by atoms with Crippen LogP contribution in [0.1, 0.15) is 40.5 Å². The summed E-state index contributed by atoms with van der Waals surface area (Å²) in [6.07, 6.45) is 3.44. The smallest absolute Gasteiger partial charge is 0.416 e. The van der Waals surface area contributed by atoms with Crippen molar-refractivity contribution in [3.63, 3.8) is 0 Å². The number of halogens is 3. The Morgan fingerprint density at radius 3 is 2.50 bits per heavy atom. The van der Waals surface area contributed by atoms with Crippen LogP contribution in [0.4, 0.5) is 13.2 Å². The van der Waals surface area contributed by atoms with Gasteiger partial charge in [0, 0.05) is 17.2 Å². The second-order valence-corrected chi connectivity index (χ2v) is 9.58. The normalized spacial score (nSPS) is 13.1. The molecule has 4 nitrogen and oxygen atoms in total. The Morgan fingerprint density at radius 1 is 1.19 bits per heavy atom. The summed E-state index contributed by atoms with van der Waals surface area (Å²) in [6.45, 7) is 11.6. The van der Waals surface area contributed by atoms with E-state index in [1.54, 1.807) is 23.9 Å². The van der Waals surface area contributed by atoms with E-state index >= 15 is 0 Å². The minimum Gasteiger partial charge on any atom is -0.482 e. The summed E-state index contributed by atoms with van der Waals surface area (Å²) < 4.78 is 47.0. The Bertz CT molecular complexity index is 1210. The van der Waals surface area contributed by atoms with Crippen molar-refractivity contribution in [1.29, 1.82) is 0 Å². The number of carboxylic acids is 1. The molecule has 0 bridgehead atoms. The number of benzene rings is 1. The third-order valence-corrected chi connectivity index (χ3v) is 7.00. The van der Waals surface area contributed by atoms with Crippen molar-refractivity contribution in [2.24, 2.45) is 0 Å². The third kappa shape index (κ3) is 8.52. The van der Waals surface area contributed by atoms with Crippen LogP contribution in [-0.2, 0) is 11.3 Å². The molecule has 194 valence electrons. The first kappa shape index (κ1) is 29.1. The quantitative estimate of drug-likeness (QED) is 0.286. The predicted molar refractivity (Wildman–Crippen MR) is 142 cm³/mol. The minimum absolute atomic E-state index is 0.380. The number of carboxylic acid groups (broad SMARTS) is 1. The lowest BCUT2D eigenvalue weighted by atomic mass is 10.1. The second kappa shape index (κ2) is 13.3. The van der Waals surface area contributed by atoms with Crippen LogP contribution in [0.2, 0.25) is 0 Å². The van der Waals surface area contributed by atoms with E-state index in [-0.39, 0.29) is 0 Å². The number of hydrogen-bond acceptors (Lipinski definition) is 3. The first-order valence-electron chi connectivity index (χ1n) is 11.5. The highest BCUT2D eigenvalue weighted by Gasteiger charge is 2.31. The topological polar surface area (TPSA) is 51.5 Å². The molecular weight excluding hydrogens is 487 g/mol. The first-order chi connectivity index (χ1) is 17.0. The van der Waals surface area contributed by atoms with E-state index in [9.17, 15) is 18.0 Å². The van der Waals surface area contributed by atoms with Gasteiger partial charge in [0.25, 0.3) is 0 Å². The van der Waals surface area contributed by atoms with Crippen LogP contribution in [0.3, 0.4) is 0 Å². The van der Waals surface area contributed by atoms with Crippen molar-refractivity contribution in [2.45, 2.75) is 53.3 Å². The standard InChI is InChI=1S/C28H32F3NO3S/c1-6-9-22(28(29,30)31)10-8-11-25(20(5)7-2)36-26(19(3)4)17-32-15-14-21-12-13-23(16-24(21)32)35-18-27(33)34/h6,8-10,12-16H,1,7,11,17-18H2,2-5H3,(H,33,34)/b10-8-,22-9+,25-20?. The zero-order valence-corrected chi connectivity index (χ0v) is 21.8. The zero-order chi connectivity index (χ0) is 26.9. The highest BCUT2D eigenvalue weighted by atomic mass is 32.2. The van der Waals surface area contributed by atoms with Gasteiger partial charge in [-0.1, -0.05) is 60.7 Å². The molecule has 0 saturated heterocycles. The fourth-order valence-corrected chi connectivity index (χ4v) is 4.50. The number of hydrogen-bond donors (Lipinski definition) is 1. The molecule has 1 N–H and O–H groups in total. The number of fused-ring (bicyclic) bond motifs is 1. The van der Waals surface area contributed by atoms with E-state index in [1.807, 2.05) is 52.1 Å². The maximum Gasteiger partial charge on any atom is 0.416 e. The maximum absolute atomic E-state index is 13.2. The number of nitrogens with zero attached hydrogens (tertiary/aromatic N) is 1.